The van der Waals surface area contributed by atoms with Crippen LogP contribution in [0.25, 0.3) is 0 Å². The van der Waals surface area contributed by atoms with Gasteiger partial charge in [-0.15, -0.1) is 0 Å². The largest absolute Gasteiger partial charge is 0.204 e. The molecule has 1 rings (SSSR count). The maximum Gasteiger partial charge on any atom is 0.155 e. The maximum absolute atomic E-state index is 12.7. The summed E-state index contributed by atoms with van der Waals surface area (Å²) >= 11 is 12.9. The minimum atomic E-state index is -0.410. The number of hydrogen-bond acceptors (Lipinski definition) is 0. The third-order valence-electron chi connectivity index (χ3n) is 0.949. The zero-order valence-electron chi connectivity index (χ0n) is 4.67. The molecule has 0 saturated carbocycles. The van der Waals surface area contributed by atoms with Crippen molar-refractivity contribution in [1.29, 1.82) is 0 Å². The average molecular weight is 291 g/mol. The molecule has 0 saturated heterocycles. The van der Waals surface area contributed by atoms with Gasteiger partial charge in [-0.3, -0.25) is 0 Å². The highest BCUT2D eigenvalue weighted by atomic mass is 127. The average Bonchev–Trinajstić information content (AvgIpc) is 1.82. The van der Waals surface area contributed by atoms with Gasteiger partial charge in [0.05, 0.1) is 8.59 Å². The molecule has 0 spiro atoms. The van der Waals surface area contributed by atoms with Crippen LogP contribution in [-0.2, 0) is 0 Å². The van der Waals surface area contributed by atoms with Gasteiger partial charge in [0.1, 0.15) is 0 Å². The van der Waals surface area contributed by atoms with E-state index in [1.165, 1.54) is 12.1 Å². The molecule has 0 aliphatic carbocycles. The smallest absolute Gasteiger partial charge is 0.155 e. The Balaban J connectivity index is 3.31. The Labute approximate surface area is 81.5 Å². The maximum atomic E-state index is 12.7. The molecule has 0 aromatic heterocycles. The van der Waals surface area contributed by atoms with Crippen LogP contribution in [0.2, 0.25) is 10.0 Å². The number of benzene rings is 1. The minimum absolute atomic E-state index is 0.0666. The summed E-state index contributed by atoms with van der Waals surface area (Å²) < 4.78 is 13.2. The topological polar surface area (TPSA) is 0 Å². The van der Waals surface area contributed by atoms with E-state index in [0.29, 0.717) is 8.59 Å². The normalized spacial score (nSPS) is 10.0. The summed E-state index contributed by atoms with van der Waals surface area (Å²) in [5.74, 6) is -0.410. The summed E-state index contributed by atoms with van der Waals surface area (Å²) in [7, 11) is 0. The molecule has 0 aliphatic rings. The Morgan fingerprint density at radius 3 is 2.40 bits per heavy atom. The van der Waals surface area contributed by atoms with E-state index in [0.717, 1.165) is 0 Å². The molecular formula is C6H2Cl2FI. The zero-order valence-corrected chi connectivity index (χ0v) is 8.34. The predicted octanol–water partition coefficient (Wildman–Crippen LogP) is 3.74. The first-order valence-electron chi connectivity index (χ1n) is 2.41. The lowest BCUT2D eigenvalue weighted by Gasteiger charge is -1.96. The van der Waals surface area contributed by atoms with Crippen molar-refractivity contribution >= 4 is 45.8 Å². The number of halogens is 4. The monoisotopic (exact) mass is 290 g/mol. The standard InChI is InChI=1S/C6H2Cl2FI/c7-3-1-4(8)6(9)5(10)2-3/h1-2H. The predicted molar refractivity (Wildman–Crippen MR) is 49.1 cm³/mol. The van der Waals surface area contributed by atoms with Gasteiger partial charge in [0.15, 0.2) is 5.82 Å². The van der Waals surface area contributed by atoms with Crippen molar-refractivity contribution < 1.29 is 4.39 Å². The van der Waals surface area contributed by atoms with Crippen LogP contribution >= 0.6 is 45.8 Å². The molecule has 0 aliphatic heterocycles. The molecule has 0 heterocycles. The first-order chi connectivity index (χ1) is 4.61. The number of rotatable bonds is 0. The second-order valence-electron chi connectivity index (χ2n) is 1.68. The molecule has 0 amide bonds. The molecule has 0 unspecified atom stereocenters. The Bertz CT molecular complexity index is 239. The third-order valence-corrected chi connectivity index (χ3v) is 2.23. The van der Waals surface area contributed by atoms with Crippen LogP contribution in [-0.4, -0.2) is 0 Å². The third kappa shape index (κ3) is 1.74. The highest BCUT2D eigenvalue weighted by Gasteiger charge is 2.04. The zero-order chi connectivity index (χ0) is 7.72. The molecule has 0 atom stereocenters. The van der Waals surface area contributed by atoms with Crippen molar-refractivity contribution in [1.82, 2.24) is 0 Å². The van der Waals surface area contributed by atoms with Gasteiger partial charge in [0.2, 0.25) is 0 Å². The van der Waals surface area contributed by atoms with Crippen LogP contribution < -0.4 is 0 Å². The first kappa shape index (κ1) is 8.56. The fourth-order valence-electron chi connectivity index (χ4n) is 0.525. The summed E-state index contributed by atoms with van der Waals surface area (Å²) in [4.78, 5) is 0. The Morgan fingerprint density at radius 2 is 1.90 bits per heavy atom. The molecule has 0 radical (unpaired) electrons. The first-order valence-corrected chi connectivity index (χ1v) is 4.25. The van der Waals surface area contributed by atoms with Crippen molar-refractivity contribution in [3.8, 4) is 0 Å². The molecule has 0 bridgehead atoms. The highest BCUT2D eigenvalue weighted by molar-refractivity contribution is 14.1. The fraction of sp³-hybridized carbons (Fsp3) is 0. The van der Waals surface area contributed by atoms with E-state index in [1.54, 1.807) is 0 Å². The molecule has 54 valence electrons. The molecule has 0 nitrogen and oxygen atoms in total. The summed E-state index contributed by atoms with van der Waals surface area (Å²) in [6.07, 6.45) is 0. The Morgan fingerprint density at radius 1 is 1.30 bits per heavy atom. The molecule has 4 heteroatoms. The summed E-state index contributed by atoms with van der Waals surface area (Å²) in [5.41, 5.74) is 0. The minimum Gasteiger partial charge on any atom is -0.204 e. The van der Waals surface area contributed by atoms with E-state index < -0.39 is 5.82 Å². The molecule has 1 aromatic carbocycles. The SMILES string of the molecule is Fc1c(Cl)cc(Cl)cc1I. The Kier molecular flexibility index (Phi) is 2.77. The molecular weight excluding hydrogens is 289 g/mol. The second kappa shape index (κ2) is 3.24. The second-order valence-corrected chi connectivity index (χ2v) is 3.69. The van der Waals surface area contributed by atoms with Gasteiger partial charge >= 0.3 is 0 Å². The lowest BCUT2D eigenvalue weighted by atomic mass is 10.3. The summed E-state index contributed by atoms with van der Waals surface area (Å²) in [6, 6.07) is 2.89. The van der Waals surface area contributed by atoms with E-state index in [-0.39, 0.29) is 5.02 Å². The van der Waals surface area contributed by atoms with Crippen LogP contribution in [0.5, 0.6) is 0 Å². The highest BCUT2D eigenvalue weighted by Crippen LogP contribution is 2.24. The van der Waals surface area contributed by atoms with Crippen LogP contribution in [0.1, 0.15) is 0 Å². The van der Waals surface area contributed by atoms with Crippen LogP contribution in [0.15, 0.2) is 12.1 Å². The van der Waals surface area contributed by atoms with Crippen molar-refractivity contribution in [2.75, 3.05) is 0 Å². The number of hydrogen-bond donors (Lipinski definition) is 0. The lowest BCUT2D eigenvalue weighted by molar-refractivity contribution is 0.621. The summed E-state index contributed by atoms with van der Waals surface area (Å²) in [5, 5.41) is 0.521. The van der Waals surface area contributed by atoms with E-state index in [2.05, 4.69) is 0 Å². The fourth-order valence-corrected chi connectivity index (χ4v) is 1.99. The lowest BCUT2D eigenvalue weighted by Crippen LogP contribution is -1.81. The quantitative estimate of drug-likeness (QED) is 0.388. The van der Waals surface area contributed by atoms with Gasteiger partial charge < -0.3 is 0 Å². The van der Waals surface area contributed by atoms with E-state index in [4.69, 9.17) is 23.2 Å². The Hall–Kier alpha value is 0.460. The van der Waals surface area contributed by atoms with Gasteiger partial charge in [-0.25, -0.2) is 4.39 Å². The van der Waals surface area contributed by atoms with Gasteiger partial charge in [-0.05, 0) is 34.7 Å². The van der Waals surface area contributed by atoms with Gasteiger partial charge in [-0.2, -0.15) is 0 Å². The van der Waals surface area contributed by atoms with Gasteiger partial charge in [0, 0.05) is 5.02 Å². The van der Waals surface area contributed by atoms with E-state index in [1.807, 2.05) is 22.6 Å². The van der Waals surface area contributed by atoms with Crippen molar-refractivity contribution in [2.45, 2.75) is 0 Å². The molecule has 0 N–H and O–H groups in total. The van der Waals surface area contributed by atoms with Crippen molar-refractivity contribution in [3.05, 3.63) is 31.6 Å². The summed E-state index contributed by atoms with van der Waals surface area (Å²) in [6.45, 7) is 0. The van der Waals surface area contributed by atoms with Crippen LogP contribution in [0.4, 0.5) is 4.39 Å². The molecule has 0 fully saturated rings. The van der Waals surface area contributed by atoms with Gasteiger partial charge in [0.25, 0.3) is 0 Å². The van der Waals surface area contributed by atoms with Crippen molar-refractivity contribution in [2.24, 2.45) is 0 Å². The van der Waals surface area contributed by atoms with E-state index >= 15 is 0 Å². The van der Waals surface area contributed by atoms with Gasteiger partial charge in [-0.1, -0.05) is 23.2 Å². The van der Waals surface area contributed by atoms with Crippen LogP contribution in [0.3, 0.4) is 0 Å². The van der Waals surface area contributed by atoms with Crippen LogP contribution in [0, 0.1) is 9.39 Å². The van der Waals surface area contributed by atoms with E-state index in [9.17, 15) is 4.39 Å². The van der Waals surface area contributed by atoms with Crippen molar-refractivity contribution in [3.63, 3.8) is 0 Å². The molecule has 10 heavy (non-hydrogen) atoms. The molecule has 1 aromatic rings.